The zero-order chi connectivity index (χ0) is 59.5. The molecule has 1 amide bonds. The van der Waals surface area contributed by atoms with Crippen LogP contribution in [0.25, 0.3) is 0 Å². The molecule has 440 valence electrons. The summed E-state index contributed by atoms with van der Waals surface area (Å²) >= 11 is 0. The van der Waals surface area contributed by atoms with E-state index in [-0.39, 0.29) is 45.0 Å². The third kappa shape index (κ3) is 15.3. The molecule has 1 unspecified atom stereocenters. The van der Waals surface area contributed by atoms with Gasteiger partial charge >= 0.3 is 35.8 Å². The van der Waals surface area contributed by atoms with Crippen LogP contribution in [0.15, 0.2) is 133 Å². The maximum absolute atomic E-state index is 14.3. The third-order valence-electron chi connectivity index (χ3n) is 14.5. The monoisotopic (exact) mass is 1150 g/mol. The molecule has 2 heterocycles. The predicted molar refractivity (Wildman–Crippen MR) is 288 cm³/mol. The molecule has 19 nitrogen and oxygen atoms in total. The van der Waals surface area contributed by atoms with Crippen LogP contribution in [0.4, 0.5) is 14.5 Å². The molecular weight excluding hydrogens is 1080 g/mol. The fraction of sp³-hybridized carbons (Fsp3) is 0.403. The van der Waals surface area contributed by atoms with Gasteiger partial charge in [-0.15, -0.1) is 0 Å². The largest absolute Gasteiger partial charge is 0.488 e. The summed E-state index contributed by atoms with van der Waals surface area (Å²) in [5, 5.41) is 10.6. The normalized spacial score (nSPS) is 26.1. The van der Waals surface area contributed by atoms with E-state index in [0.717, 1.165) is 26.3 Å². The van der Waals surface area contributed by atoms with Gasteiger partial charge in [-0.05, 0) is 97.0 Å². The van der Waals surface area contributed by atoms with Crippen molar-refractivity contribution in [2.75, 3.05) is 11.5 Å². The molecule has 8 rings (SSSR count). The highest BCUT2D eigenvalue weighted by molar-refractivity contribution is 6.03. The smallest absolute Gasteiger partial charge is 0.337 e. The van der Waals surface area contributed by atoms with Crippen LogP contribution >= 0.6 is 0 Å². The van der Waals surface area contributed by atoms with Crippen molar-refractivity contribution in [3.8, 4) is 5.75 Å². The Balaban J connectivity index is 1.17. The second-order valence-corrected chi connectivity index (χ2v) is 20.7. The highest BCUT2D eigenvalue weighted by Gasteiger charge is 2.63. The number of β-lactam (4-membered cyclic amide) rings is 1. The van der Waals surface area contributed by atoms with Crippen LogP contribution in [0, 0.1) is 23.5 Å². The summed E-state index contributed by atoms with van der Waals surface area (Å²) in [6, 6.07) is 35.8. The highest BCUT2D eigenvalue weighted by atomic mass is 19.1. The summed E-state index contributed by atoms with van der Waals surface area (Å²) in [5.41, 5.74) is 3.14. The van der Waals surface area contributed by atoms with Crippen molar-refractivity contribution in [3.05, 3.63) is 167 Å². The molecule has 0 radical (unpaired) electrons. The Kier molecular flexibility index (Phi) is 20.1. The lowest BCUT2D eigenvalue weighted by molar-refractivity contribution is -0.379. The first-order valence-corrected chi connectivity index (χ1v) is 27.0. The molecule has 0 aromatic heterocycles. The third-order valence-corrected chi connectivity index (χ3v) is 14.5. The Hall–Kier alpha value is -8.11. The number of amides is 1. The van der Waals surface area contributed by atoms with Gasteiger partial charge in [0.1, 0.15) is 41.8 Å². The van der Waals surface area contributed by atoms with Gasteiger partial charge in [0.2, 0.25) is 11.7 Å². The number of nitrogens with zero attached hydrogens (tertiary/aromatic N) is 1. The predicted octanol–water partition coefficient (Wildman–Crippen LogP) is 8.63. The average Bonchev–Trinajstić information content (AvgIpc) is 2.73. The van der Waals surface area contributed by atoms with Gasteiger partial charge in [-0.1, -0.05) is 84.9 Å². The summed E-state index contributed by atoms with van der Waals surface area (Å²) in [7, 11) is 0. The Bertz CT molecular complexity index is 3060. The Labute approximate surface area is 477 Å². The number of carbonyl (C=O) groups is 7. The van der Waals surface area contributed by atoms with Gasteiger partial charge in [0.25, 0.3) is 0 Å². The van der Waals surface area contributed by atoms with Gasteiger partial charge in [0.15, 0.2) is 24.4 Å². The number of carboxylic acids is 1. The van der Waals surface area contributed by atoms with E-state index in [1.807, 2.05) is 60.7 Å². The van der Waals surface area contributed by atoms with Gasteiger partial charge in [-0.3, -0.25) is 28.8 Å². The van der Waals surface area contributed by atoms with Crippen molar-refractivity contribution in [3.63, 3.8) is 0 Å². The summed E-state index contributed by atoms with van der Waals surface area (Å²) in [4.78, 5) is 92.1. The van der Waals surface area contributed by atoms with Crippen LogP contribution in [-0.2, 0) is 89.4 Å². The van der Waals surface area contributed by atoms with Gasteiger partial charge in [0, 0.05) is 46.2 Å². The first-order chi connectivity index (χ1) is 39.7. The molecule has 83 heavy (non-hydrogen) atoms. The molecule has 2 saturated heterocycles. The number of carbonyl (C=O) groups excluding carboxylic acids is 6. The number of benzene rings is 5. The molecule has 2 aliphatic heterocycles. The summed E-state index contributed by atoms with van der Waals surface area (Å²) < 4.78 is 90.2. The Morgan fingerprint density at radius 1 is 0.651 bits per heavy atom. The lowest BCUT2D eigenvalue weighted by Crippen LogP contribution is -2.70. The van der Waals surface area contributed by atoms with E-state index in [1.54, 1.807) is 29.2 Å². The molecular formula is C62H65F2NO18. The fourth-order valence-electron chi connectivity index (χ4n) is 10.9. The molecule has 5 aromatic rings. The van der Waals surface area contributed by atoms with E-state index in [1.165, 1.54) is 69.3 Å². The van der Waals surface area contributed by atoms with E-state index in [0.29, 0.717) is 28.1 Å². The molecule has 21 heteroatoms. The molecule has 1 N–H and O–H groups in total. The van der Waals surface area contributed by atoms with Crippen molar-refractivity contribution >= 4 is 47.4 Å². The molecule has 13 atom stereocenters. The van der Waals surface area contributed by atoms with E-state index in [9.17, 15) is 47.4 Å². The first-order valence-electron chi connectivity index (χ1n) is 27.0. The minimum Gasteiger partial charge on any atom is -0.488 e. The molecule has 0 spiro atoms. The van der Waals surface area contributed by atoms with Crippen LogP contribution in [0.5, 0.6) is 5.75 Å². The highest BCUT2D eigenvalue weighted by Crippen LogP contribution is 2.48. The first kappa shape index (κ1) is 61.0. The number of halogens is 2. The molecule has 1 saturated carbocycles. The lowest BCUT2D eigenvalue weighted by Gasteiger charge is -2.52. The number of carboxylic acid groups (broad SMARTS) is 1. The minimum absolute atomic E-state index is 0.00383. The Morgan fingerprint density at radius 3 is 1.75 bits per heavy atom. The zero-order valence-corrected chi connectivity index (χ0v) is 46.5. The minimum atomic E-state index is -2.36. The fourth-order valence-corrected chi connectivity index (χ4v) is 10.9. The second-order valence-electron chi connectivity index (χ2n) is 20.7. The van der Waals surface area contributed by atoms with E-state index in [4.69, 9.17) is 47.4 Å². The number of hydrogen-bond donors (Lipinski definition) is 1. The maximum atomic E-state index is 14.3. The van der Waals surface area contributed by atoms with Gasteiger partial charge in [-0.25, -0.2) is 13.6 Å². The van der Waals surface area contributed by atoms with Crippen LogP contribution in [0.1, 0.15) is 95.2 Å². The van der Waals surface area contributed by atoms with Crippen LogP contribution < -0.4 is 9.64 Å². The van der Waals surface area contributed by atoms with Crippen molar-refractivity contribution in [1.29, 1.82) is 0 Å². The van der Waals surface area contributed by atoms with Gasteiger partial charge < -0.3 is 57.4 Å². The van der Waals surface area contributed by atoms with Crippen LogP contribution in [-0.4, -0.2) is 108 Å². The van der Waals surface area contributed by atoms with E-state index in [2.05, 4.69) is 0 Å². The average molecular weight is 1150 g/mol. The lowest BCUT2D eigenvalue weighted by atomic mass is 9.78. The molecule has 1 aliphatic carbocycles. The number of esters is 5. The van der Waals surface area contributed by atoms with Crippen LogP contribution in [0.3, 0.4) is 0 Å². The quantitative estimate of drug-likeness (QED) is 0.0366. The number of hydrogen-bond acceptors (Lipinski definition) is 17. The maximum Gasteiger partial charge on any atom is 0.337 e. The molecule has 5 aromatic carbocycles. The van der Waals surface area contributed by atoms with Crippen molar-refractivity contribution < 1.29 is 94.8 Å². The van der Waals surface area contributed by atoms with Gasteiger partial charge in [0.05, 0.1) is 37.9 Å². The molecule has 3 fully saturated rings. The summed E-state index contributed by atoms with van der Waals surface area (Å²) in [6.07, 6.45) is -12.5. The summed E-state index contributed by atoms with van der Waals surface area (Å²) in [6.45, 7) is 6.44. The van der Waals surface area contributed by atoms with Crippen molar-refractivity contribution in [2.45, 2.75) is 141 Å². The Morgan fingerprint density at radius 2 is 1.20 bits per heavy atom. The SMILES string of the molecule is CC(=O)OC[C@H]1CC(Oc2ccc([C@@H]3[C@@H](CC[C@H](OC(C)=O)c4ccc(F)cc4)C(=O)N3c3ccc(F)cc3)cc2)[C@H](OCc2ccccc2)[C@@H](OCc2ccccc2)[C@@H]1O[C@]1(C)O[C@H](C(=O)O)[C@@H](OC(C)=O)[C@H](OC(C)=O)[C@H]1OC(C)=O. The van der Waals surface area contributed by atoms with Gasteiger partial charge in [-0.2, -0.15) is 0 Å². The standard InChI is InChI=1S/C62H65F2NO18/c1-35(66)74-34-44-31-51(81-48-27-19-43(20-28-48)52-49(60(71)65(52)47-25-23-46(64)24-26-47)29-30-50(77-36(2)67)42-17-21-45(63)22-18-42)54(75-32-40-13-9-7-10-14-40)55(76-33-41-15-11-8-12-16-41)53(44)82-62(6)59(80-39(5)70)57(79-38(4)69)56(78-37(3)68)58(83-62)61(72)73/h7-28,44,49-59H,29-34H2,1-6H3,(H,72,73)/t44-,49-,50+,51?,52-,53-,54+,55+,56+,57+,58+,59-,62-/m1/s1. The zero-order valence-electron chi connectivity index (χ0n) is 46.5. The number of anilines is 1. The van der Waals surface area contributed by atoms with Crippen molar-refractivity contribution in [1.82, 2.24) is 0 Å². The van der Waals surface area contributed by atoms with E-state index < -0.39 is 126 Å². The molecule has 0 bridgehead atoms. The van der Waals surface area contributed by atoms with Crippen LogP contribution in [0.2, 0.25) is 0 Å². The van der Waals surface area contributed by atoms with E-state index >= 15 is 0 Å². The summed E-state index contributed by atoms with van der Waals surface area (Å²) in [5.74, 6) is -10.5. The van der Waals surface area contributed by atoms with Crippen molar-refractivity contribution in [2.24, 2.45) is 11.8 Å². The number of ether oxygens (including phenoxy) is 10. The molecule has 3 aliphatic rings. The second kappa shape index (κ2) is 27.3. The topological polar surface area (TPSA) is 235 Å². The number of aliphatic carboxylic acids is 1. The number of rotatable bonds is 23.